The van der Waals surface area contributed by atoms with Gasteiger partial charge in [-0.05, 0) is 28.9 Å². The van der Waals surface area contributed by atoms with Gasteiger partial charge in [0.15, 0.2) is 5.65 Å². The van der Waals surface area contributed by atoms with Gasteiger partial charge in [-0.2, -0.15) is 4.98 Å². The molecule has 18 heavy (non-hydrogen) atoms. The van der Waals surface area contributed by atoms with Gasteiger partial charge in [-0.3, -0.25) is 4.79 Å². The first-order chi connectivity index (χ1) is 8.26. The molecule has 2 rings (SSSR count). The SMILES string of the molecule is Cc1nc2nc(OC(F)(F)F)c(Br)cc2c(=O)[nH]1. The number of pyridine rings is 1. The van der Waals surface area contributed by atoms with E-state index < -0.39 is 17.8 Å². The van der Waals surface area contributed by atoms with Crippen LogP contribution in [0.3, 0.4) is 0 Å². The summed E-state index contributed by atoms with van der Waals surface area (Å²) in [5, 5.41) is 0.0713. The lowest BCUT2D eigenvalue weighted by atomic mass is 10.3. The van der Waals surface area contributed by atoms with Crippen LogP contribution in [0.15, 0.2) is 15.3 Å². The highest BCUT2D eigenvalue weighted by atomic mass is 79.9. The largest absolute Gasteiger partial charge is 0.574 e. The summed E-state index contributed by atoms with van der Waals surface area (Å²) >= 11 is 2.85. The van der Waals surface area contributed by atoms with Crippen molar-refractivity contribution < 1.29 is 17.9 Å². The van der Waals surface area contributed by atoms with E-state index in [9.17, 15) is 18.0 Å². The van der Waals surface area contributed by atoms with Crippen molar-refractivity contribution in [1.82, 2.24) is 15.0 Å². The van der Waals surface area contributed by atoms with Crippen molar-refractivity contribution in [3.63, 3.8) is 0 Å². The molecule has 96 valence electrons. The van der Waals surface area contributed by atoms with Crippen LogP contribution in [-0.4, -0.2) is 21.3 Å². The van der Waals surface area contributed by atoms with Crippen molar-refractivity contribution in [3.05, 3.63) is 26.7 Å². The highest BCUT2D eigenvalue weighted by molar-refractivity contribution is 9.10. The average Bonchev–Trinajstić information content (AvgIpc) is 2.18. The molecule has 2 heterocycles. The molecule has 2 aromatic heterocycles. The average molecular weight is 324 g/mol. The van der Waals surface area contributed by atoms with E-state index in [1.165, 1.54) is 13.0 Å². The van der Waals surface area contributed by atoms with E-state index in [-0.39, 0.29) is 21.3 Å². The van der Waals surface area contributed by atoms with Gasteiger partial charge in [-0.25, -0.2) is 4.98 Å². The minimum absolute atomic E-state index is 0.0713. The Morgan fingerprint density at radius 1 is 1.39 bits per heavy atom. The molecule has 0 unspecified atom stereocenters. The fourth-order valence-electron chi connectivity index (χ4n) is 1.31. The van der Waals surface area contributed by atoms with Gasteiger partial charge in [-0.1, -0.05) is 0 Å². The highest BCUT2D eigenvalue weighted by Crippen LogP contribution is 2.29. The minimum atomic E-state index is -4.86. The van der Waals surface area contributed by atoms with Crippen LogP contribution in [-0.2, 0) is 0 Å². The topological polar surface area (TPSA) is 67.9 Å². The lowest BCUT2D eigenvalue weighted by molar-refractivity contribution is -0.276. The molecule has 0 bridgehead atoms. The normalized spacial score (nSPS) is 11.8. The van der Waals surface area contributed by atoms with Gasteiger partial charge in [-0.15, -0.1) is 13.2 Å². The summed E-state index contributed by atoms with van der Waals surface area (Å²) < 4.78 is 40.0. The summed E-state index contributed by atoms with van der Waals surface area (Å²) in [6.07, 6.45) is -4.86. The first-order valence-electron chi connectivity index (χ1n) is 4.59. The number of aromatic nitrogens is 3. The summed E-state index contributed by atoms with van der Waals surface area (Å²) in [5.41, 5.74) is -0.594. The predicted molar refractivity (Wildman–Crippen MR) is 59.3 cm³/mol. The highest BCUT2D eigenvalue weighted by Gasteiger charge is 2.33. The Kier molecular flexibility index (Phi) is 3.01. The molecule has 0 radical (unpaired) electrons. The van der Waals surface area contributed by atoms with Crippen LogP contribution in [0.5, 0.6) is 5.88 Å². The molecule has 0 spiro atoms. The summed E-state index contributed by atoms with van der Waals surface area (Å²) in [4.78, 5) is 21.3. The van der Waals surface area contributed by atoms with Crippen molar-refractivity contribution >= 4 is 27.0 Å². The zero-order valence-electron chi connectivity index (χ0n) is 8.80. The number of nitrogens with zero attached hydrogens (tertiary/aromatic N) is 2. The van der Waals surface area contributed by atoms with E-state index in [4.69, 9.17) is 0 Å². The van der Waals surface area contributed by atoms with Crippen molar-refractivity contribution in [3.8, 4) is 5.88 Å². The molecular formula is C9H5BrF3N3O2. The molecule has 9 heteroatoms. The maximum atomic E-state index is 12.1. The van der Waals surface area contributed by atoms with Crippen LogP contribution in [0.1, 0.15) is 5.82 Å². The monoisotopic (exact) mass is 323 g/mol. The number of rotatable bonds is 1. The van der Waals surface area contributed by atoms with Crippen LogP contribution in [0.2, 0.25) is 0 Å². The quantitative estimate of drug-likeness (QED) is 0.874. The maximum absolute atomic E-state index is 12.1. The molecule has 0 aliphatic rings. The van der Waals surface area contributed by atoms with Gasteiger partial charge in [0.2, 0.25) is 5.88 Å². The third-order valence-electron chi connectivity index (χ3n) is 1.95. The molecule has 0 fully saturated rings. The number of ether oxygens (including phenoxy) is 1. The standard InChI is InChI=1S/C9H5BrF3N3O2/c1-3-14-6-4(7(17)15-3)2-5(10)8(16-6)18-9(11,12)13/h2H,1H3,(H,14,15,16,17). The van der Waals surface area contributed by atoms with Gasteiger partial charge in [0.05, 0.1) is 9.86 Å². The fourth-order valence-corrected chi connectivity index (χ4v) is 1.71. The fraction of sp³-hybridized carbons (Fsp3) is 0.222. The van der Waals surface area contributed by atoms with Crippen LogP contribution in [0.25, 0.3) is 11.0 Å². The molecule has 0 aliphatic carbocycles. The van der Waals surface area contributed by atoms with Gasteiger partial charge in [0.25, 0.3) is 5.56 Å². The first-order valence-corrected chi connectivity index (χ1v) is 5.38. The molecule has 1 N–H and O–H groups in total. The van der Waals surface area contributed by atoms with Crippen molar-refractivity contribution in [1.29, 1.82) is 0 Å². The molecule has 2 aromatic rings. The summed E-state index contributed by atoms with van der Waals surface area (Å²) in [6.45, 7) is 1.49. The van der Waals surface area contributed by atoms with Crippen molar-refractivity contribution in [2.45, 2.75) is 13.3 Å². The van der Waals surface area contributed by atoms with E-state index in [0.29, 0.717) is 0 Å². The number of hydrogen-bond donors (Lipinski definition) is 1. The summed E-state index contributed by atoms with van der Waals surface area (Å²) in [6, 6.07) is 1.18. The Hall–Kier alpha value is -1.64. The Bertz CT molecular complexity index is 668. The molecule has 0 aliphatic heterocycles. The van der Waals surface area contributed by atoms with E-state index in [2.05, 4.69) is 35.6 Å². The van der Waals surface area contributed by atoms with Gasteiger partial charge >= 0.3 is 6.36 Å². The number of halogens is 4. The van der Waals surface area contributed by atoms with E-state index in [1.807, 2.05) is 0 Å². The Labute approximate surface area is 106 Å². The van der Waals surface area contributed by atoms with Crippen LogP contribution >= 0.6 is 15.9 Å². The Balaban J connectivity index is 2.65. The zero-order chi connectivity index (χ0) is 13.5. The van der Waals surface area contributed by atoms with E-state index in [1.54, 1.807) is 0 Å². The lowest BCUT2D eigenvalue weighted by Crippen LogP contribution is -2.19. The molecular weight excluding hydrogens is 319 g/mol. The number of alkyl halides is 3. The predicted octanol–water partition coefficient (Wildman–Crippen LogP) is 2.29. The Morgan fingerprint density at radius 3 is 2.67 bits per heavy atom. The lowest BCUT2D eigenvalue weighted by Gasteiger charge is -2.09. The molecule has 5 nitrogen and oxygen atoms in total. The third-order valence-corrected chi connectivity index (χ3v) is 2.52. The number of aromatic amines is 1. The molecule has 0 saturated carbocycles. The summed E-state index contributed by atoms with van der Waals surface area (Å²) in [5.74, 6) is -0.437. The van der Waals surface area contributed by atoms with E-state index >= 15 is 0 Å². The second kappa shape index (κ2) is 4.23. The number of H-pyrrole nitrogens is 1. The minimum Gasteiger partial charge on any atom is -0.387 e. The maximum Gasteiger partial charge on any atom is 0.574 e. The zero-order valence-corrected chi connectivity index (χ0v) is 10.4. The number of hydrogen-bond acceptors (Lipinski definition) is 4. The van der Waals surface area contributed by atoms with E-state index in [0.717, 1.165) is 0 Å². The number of fused-ring (bicyclic) bond motifs is 1. The van der Waals surface area contributed by atoms with Crippen LogP contribution in [0, 0.1) is 6.92 Å². The van der Waals surface area contributed by atoms with Gasteiger partial charge in [0, 0.05) is 0 Å². The number of aryl methyl sites for hydroxylation is 1. The molecule has 0 amide bonds. The van der Waals surface area contributed by atoms with Gasteiger partial charge < -0.3 is 9.72 Å². The van der Waals surface area contributed by atoms with Crippen molar-refractivity contribution in [2.24, 2.45) is 0 Å². The molecule has 0 saturated heterocycles. The molecule has 0 aromatic carbocycles. The van der Waals surface area contributed by atoms with Crippen LogP contribution in [0.4, 0.5) is 13.2 Å². The van der Waals surface area contributed by atoms with Crippen LogP contribution < -0.4 is 10.3 Å². The second-order valence-corrected chi connectivity index (χ2v) is 4.20. The molecule has 0 atom stereocenters. The second-order valence-electron chi connectivity index (χ2n) is 3.35. The van der Waals surface area contributed by atoms with Crippen molar-refractivity contribution in [2.75, 3.05) is 0 Å². The van der Waals surface area contributed by atoms with Gasteiger partial charge in [0.1, 0.15) is 5.82 Å². The first kappa shape index (κ1) is 12.8. The number of nitrogens with one attached hydrogen (secondary N) is 1. The Morgan fingerprint density at radius 2 is 2.06 bits per heavy atom. The smallest absolute Gasteiger partial charge is 0.387 e. The third kappa shape index (κ3) is 2.61. The summed E-state index contributed by atoms with van der Waals surface area (Å²) in [7, 11) is 0.